The molecule has 0 aromatic heterocycles. The fraction of sp³-hybridized carbons (Fsp3) is 0.400. The first-order chi connectivity index (χ1) is 8.11. The Labute approximate surface area is 104 Å². The molecule has 0 aliphatic rings. The Morgan fingerprint density at radius 3 is 2.53 bits per heavy atom. The van der Waals surface area contributed by atoms with Gasteiger partial charge in [-0.25, -0.2) is 0 Å². The minimum absolute atomic E-state index is 0.0572. The van der Waals surface area contributed by atoms with E-state index in [1.54, 1.807) is 0 Å². The topological polar surface area (TPSA) is 29.1 Å². The van der Waals surface area contributed by atoms with E-state index in [4.69, 9.17) is 0 Å². The van der Waals surface area contributed by atoms with Gasteiger partial charge in [-0.05, 0) is 17.9 Å². The molecule has 0 heterocycles. The monoisotopic (exact) mass is 231 g/mol. The van der Waals surface area contributed by atoms with E-state index in [1.807, 2.05) is 36.4 Å². The maximum Gasteiger partial charge on any atom is 0.224 e. The molecule has 1 amide bonds. The van der Waals surface area contributed by atoms with Gasteiger partial charge < -0.3 is 5.32 Å². The minimum Gasteiger partial charge on any atom is -0.350 e. The summed E-state index contributed by atoms with van der Waals surface area (Å²) in [6.07, 6.45) is 3.18. The van der Waals surface area contributed by atoms with Gasteiger partial charge in [0.25, 0.3) is 0 Å². The highest BCUT2D eigenvalue weighted by Crippen LogP contribution is 2.06. The molecule has 0 saturated heterocycles. The summed E-state index contributed by atoms with van der Waals surface area (Å²) < 4.78 is 0. The first-order valence-corrected chi connectivity index (χ1v) is 6.07. The molecule has 1 atom stereocenters. The molecule has 1 N–H and O–H groups in total. The van der Waals surface area contributed by atoms with E-state index in [9.17, 15) is 4.79 Å². The Balaban J connectivity index is 2.45. The van der Waals surface area contributed by atoms with Crippen molar-refractivity contribution in [3.8, 4) is 0 Å². The molecule has 1 aromatic rings. The third kappa shape index (κ3) is 5.34. The van der Waals surface area contributed by atoms with E-state index >= 15 is 0 Å². The zero-order valence-corrected chi connectivity index (χ0v) is 10.6. The number of hydrogen-bond acceptors (Lipinski definition) is 1. The van der Waals surface area contributed by atoms with Gasteiger partial charge in [-0.3, -0.25) is 4.79 Å². The summed E-state index contributed by atoms with van der Waals surface area (Å²) in [5.41, 5.74) is 1.04. The average Bonchev–Trinajstić information content (AvgIpc) is 2.28. The lowest BCUT2D eigenvalue weighted by Gasteiger charge is -2.16. The van der Waals surface area contributed by atoms with Crippen molar-refractivity contribution in [3.05, 3.63) is 48.6 Å². The fourth-order valence-corrected chi connectivity index (χ4v) is 1.76. The van der Waals surface area contributed by atoms with Gasteiger partial charge in [0.05, 0.1) is 6.42 Å². The number of hydrogen-bond donors (Lipinski definition) is 1. The standard InChI is InChI=1S/C15H21NO/c1-4-14(10-12(2)3)16-15(17)11-13-8-6-5-7-9-13/h4-9,12,14H,1,10-11H2,2-3H3,(H,16,17)/t14-/m1/s1. The highest BCUT2D eigenvalue weighted by Gasteiger charge is 2.10. The Morgan fingerprint density at radius 2 is 2.00 bits per heavy atom. The van der Waals surface area contributed by atoms with Crippen LogP contribution in [0.4, 0.5) is 0 Å². The molecule has 0 fully saturated rings. The molecular formula is C15H21NO. The van der Waals surface area contributed by atoms with E-state index in [2.05, 4.69) is 25.7 Å². The van der Waals surface area contributed by atoms with Gasteiger partial charge in [0, 0.05) is 6.04 Å². The molecule has 0 radical (unpaired) electrons. The van der Waals surface area contributed by atoms with Crippen LogP contribution in [0.25, 0.3) is 0 Å². The third-order valence-corrected chi connectivity index (χ3v) is 2.56. The normalized spacial score (nSPS) is 12.2. The Morgan fingerprint density at radius 1 is 1.35 bits per heavy atom. The second-order valence-electron chi connectivity index (χ2n) is 4.70. The summed E-state index contributed by atoms with van der Waals surface area (Å²) in [7, 11) is 0. The van der Waals surface area contributed by atoms with Gasteiger partial charge in [-0.1, -0.05) is 50.3 Å². The fourth-order valence-electron chi connectivity index (χ4n) is 1.76. The van der Waals surface area contributed by atoms with Crippen LogP contribution in [-0.4, -0.2) is 11.9 Å². The summed E-state index contributed by atoms with van der Waals surface area (Å²) in [6.45, 7) is 8.04. The van der Waals surface area contributed by atoms with Gasteiger partial charge in [0.1, 0.15) is 0 Å². The van der Waals surface area contributed by atoms with Crippen molar-refractivity contribution in [3.63, 3.8) is 0 Å². The molecule has 0 spiro atoms. The molecule has 2 nitrogen and oxygen atoms in total. The summed E-state index contributed by atoms with van der Waals surface area (Å²) in [5, 5.41) is 2.99. The number of carbonyl (C=O) groups is 1. The van der Waals surface area contributed by atoms with Gasteiger partial charge in [0.15, 0.2) is 0 Å². The maximum atomic E-state index is 11.8. The number of amides is 1. The first kappa shape index (κ1) is 13.5. The van der Waals surface area contributed by atoms with Crippen LogP contribution in [0.15, 0.2) is 43.0 Å². The number of nitrogens with one attached hydrogen (secondary N) is 1. The van der Waals surface area contributed by atoms with Crippen molar-refractivity contribution < 1.29 is 4.79 Å². The minimum atomic E-state index is 0.0572. The van der Waals surface area contributed by atoms with Gasteiger partial charge in [0.2, 0.25) is 5.91 Å². The maximum absolute atomic E-state index is 11.8. The molecule has 1 rings (SSSR count). The molecular weight excluding hydrogens is 210 g/mol. The van der Waals surface area contributed by atoms with Crippen LogP contribution < -0.4 is 5.32 Å². The smallest absolute Gasteiger partial charge is 0.224 e. The molecule has 0 saturated carbocycles. The lowest BCUT2D eigenvalue weighted by Crippen LogP contribution is -2.35. The quantitative estimate of drug-likeness (QED) is 0.749. The van der Waals surface area contributed by atoms with E-state index in [1.165, 1.54) is 0 Å². The number of carbonyl (C=O) groups excluding carboxylic acids is 1. The molecule has 2 heteroatoms. The van der Waals surface area contributed by atoms with Crippen LogP contribution in [0.1, 0.15) is 25.8 Å². The molecule has 1 aromatic carbocycles. The predicted octanol–water partition coefficient (Wildman–Crippen LogP) is 2.95. The van der Waals surface area contributed by atoms with Crippen molar-refractivity contribution in [2.75, 3.05) is 0 Å². The second-order valence-corrected chi connectivity index (χ2v) is 4.70. The van der Waals surface area contributed by atoms with Gasteiger partial charge >= 0.3 is 0 Å². The summed E-state index contributed by atoms with van der Waals surface area (Å²) in [5.74, 6) is 0.608. The van der Waals surface area contributed by atoms with Crippen molar-refractivity contribution in [1.29, 1.82) is 0 Å². The second kappa shape index (κ2) is 6.89. The van der Waals surface area contributed by atoms with E-state index in [0.29, 0.717) is 12.3 Å². The van der Waals surface area contributed by atoms with Crippen molar-refractivity contribution in [2.24, 2.45) is 5.92 Å². The molecule has 17 heavy (non-hydrogen) atoms. The highest BCUT2D eigenvalue weighted by molar-refractivity contribution is 5.79. The van der Waals surface area contributed by atoms with Crippen molar-refractivity contribution in [1.82, 2.24) is 5.32 Å². The summed E-state index contributed by atoms with van der Waals surface area (Å²) in [6, 6.07) is 9.85. The molecule has 92 valence electrons. The van der Waals surface area contributed by atoms with Gasteiger partial charge in [-0.2, -0.15) is 0 Å². The molecule has 0 aliphatic carbocycles. The first-order valence-electron chi connectivity index (χ1n) is 6.07. The SMILES string of the molecule is C=C[C@H](CC(C)C)NC(=O)Cc1ccccc1. The van der Waals surface area contributed by atoms with Crippen LogP contribution in [0.5, 0.6) is 0 Å². The largest absolute Gasteiger partial charge is 0.350 e. The average molecular weight is 231 g/mol. The molecule has 0 unspecified atom stereocenters. The zero-order valence-electron chi connectivity index (χ0n) is 10.6. The summed E-state index contributed by atoms with van der Waals surface area (Å²) in [4.78, 5) is 11.8. The van der Waals surface area contributed by atoms with E-state index in [0.717, 1.165) is 12.0 Å². The van der Waals surface area contributed by atoms with E-state index in [-0.39, 0.29) is 11.9 Å². The predicted molar refractivity (Wildman–Crippen MR) is 71.7 cm³/mol. The zero-order chi connectivity index (χ0) is 12.7. The molecule has 0 aliphatic heterocycles. The Kier molecular flexibility index (Phi) is 5.47. The highest BCUT2D eigenvalue weighted by atomic mass is 16.1. The van der Waals surface area contributed by atoms with E-state index < -0.39 is 0 Å². The van der Waals surface area contributed by atoms with Crippen LogP contribution in [0, 0.1) is 5.92 Å². The lowest BCUT2D eigenvalue weighted by molar-refractivity contribution is -0.120. The third-order valence-electron chi connectivity index (χ3n) is 2.56. The van der Waals surface area contributed by atoms with Crippen molar-refractivity contribution >= 4 is 5.91 Å². The molecule has 0 bridgehead atoms. The van der Waals surface area contributed by atoms with Crippen LogP contribution >= 0.6 is 0 Å². The van der Waals surface area contributed by atoms with Crippen molar-refractivity contribution in [2.45, 2.75) is 32.7 Å². The van der Waals surface area contributed by atoms with Crippen LogP contribution in [0.2, 0.25) is 0 Å². The lowest BCUT2D eigenvalue weighted by atomic mass is 10.0. The summed E-state index contributed by atoms with van der Waals surface area (Å²) >= 11 is 0. The number of rotatable bonds is 6. The number of benzene rings is 1. The van der Waals surface area contributed by atoms with Crippen LogP contribution in [0.3, 0.4) is 0 Å². The Hall–Kier alpha value is -1.57. The van der Waals surface area contributed by atoms with Gasteiger partial charge in [-0.15, -0.1) is 6.58 Å². The Bertz CT molecular complexity index is 356. The van der Waals surface area contributed by atoms with Crippen LogP contribution in [-0.2, 0) is 11.2 Å².